The molecule has 0 fully saturated rings. The molecular formula is C40H64BrN11O4Si2. The highest BCUT2D eigenvalue weighted by molar-refractivity contribution is 9.10. The van der Waals surface area contributed by atoms with Crippen molar-refractivity contribution in [1.29, 1.82) is 0 Å². The quantitative estimate of drug-likeness (QED) is 0.0728. The molecule has 0 unspecified atom stereocenters. The fourth-order valence-corrected chi connectivity index (χ4v) is 7.26. The van der Waals surface area contributed by atoms with Crippen molar-refractivity contribution in [2.75, 3.05) is 18.5 Å². The standard InChI is InChI=1S/C22H35N7O2Si.C18H29BrN4O2Si/c1-15-19(25-16-11-23-28(5)12-16)26-18-17(21(30)27-22(2,3)4)13-29(20(18)24-15)14-31-9-10-32(6,7)8;1-12-15(19)21-14-13(17(24)22-18(2,3)4)10-23(16(14)20-12)11-25-8-9-26(5,6)7/h11-13H,9-10,14H2,1-8H3,(H,25,26)(H,27,30);10H,8-9,11H2,1-7H3,(H,22,24). The first-order chi connectivity index (χ1) is 26.7. The van der Waals surface area contributed by atoms with Crippen LogP contribution in [0.1, 0.15) is 73.6 Å². The first-order valence-corrected chi connectivity index (χ1v) is 27.9. The van der Waals surface area contributed by atoms with Crippen molar-refractivity contribution >= 4 is 77.7 Å². The van der Waals surface area contributed by atoms with Crippen LogP contribution < -0.4 is 16.0 Å². The van der Waals surface area contributed by atoms with Crippen molar-refractivity contribution < 1.29 is 19.1 Å². The van der Waals surface area contributed by atoms with Gasteiger partial charge in [-0.15, -0.1) is 0 Å². The molecule has 5 rings (SSSR count). The number of aryl methyl sites for hydroxylation is 3. The Morgan fingerprint density at radius 2 is 1.16 bits per heavy atom. The number of carbonyl (C=O) groups is 2. The molecule has 0 saturated heterocycles. The predicted octanol–water partition coefficient (Wildman–Crippen LogP) is 8.40. The summed E-state index contributed by atoms with van der Waals surface area (Å²) in [5.74, 6) is 0.245. The van der Waals surface area contributed by atoms with Gasteiger partial charge in [-0.05, 0) is 83.4 Å². The van der Waals surface area contributed by atoms with Crippen LogP contribution in [0.3, 0.4) is 0 Å². The molecule has 0 saturated carbocycles. The SMILES string of the molecule is Cc1nc2c(nc1Br)c(C(=O)NC(C)(C)C)cn2COCC[Si](C)(C)C.Cc1nc2c(nc1Nc1cnn(C)c1)c(C(=O)NC(C)(C)C)cn2COCC[Si](C)(C)C. The fourth-order valence-electron chi connectivity index (χ4n) is 5.48. The summed E-state index contributed by atoms with van der Waals surface area (Å²) in [5, 5.41) is 13.4. The number of ether oxygens (including phenoxy) is 2. The lowest BCUT2D eigenvalue weighted by atomic mass is 10.1. The number of halogens is 1. The predicted molar refractivity (Wildman–Crippen MR) is 241 cm³/mol. The van der Waals surface area contributed by atoms with E-state index in [0.29, 0.717) is 70.6 Å². The molecule has 0 aromatic carbocycles. The average molecular weight is 899 g/mol. The van der Waals surface area contributed by atoms with Crippen molar-refractivity contribution in [1.82, 2.24) is 49.5 Å². The molecule has 0 bridgehead atoms. The second-order valence-corrected chi connectivity index (χ2v) is 31.3. The Morgan fingerprint density at radius 1 is 0.707 bits per heavy atom. The van der Waals surface area contributed by atoms with E-state index >= 15 is 0 Å². The van der Waals surface area contributed by atoms with Gasteiger partial charge in [0.25, 0.3) is 11.8 Å². The summed E-state index contributed by atoms with van der Waals surface area (Å²) in [6.07, 6.45) is 7.14. The van der Waals surface area contributed by atoms with Gasteiger partial charge in [-0.25, -0.2) is 19.9 Å². The van der Waals surface area contributed by atoms with Crippen LogP contribution in [0.5, 0.6) is 0 Å². The van der Waals surface area contributed by atoms with Crippen molar-refractivity contribution in [3.8, 4) is 0 Å². The number of carbonyl (C=O) groups excluding carboxylic acids is 2. The maximum absolute atomic E-state index is 13.0. The number of aromatic nitrogens is 8. The van der Waals surface area contributed by atoms with Crippen LogP contribution >= 0.6 is 15.9 Å². The monoisotopic (exact) mass is 897 g/mol. The largest absolute Gasteiger partial charge is 0.361 e. The van der Waals surface area contributed by atoms with Gasteiger partial charge < -0.3 is 34.6 Å². The van der Waals surface area contributed by atoms with E-state index in [0.717, 1.165) is 29.2 Å². The van der Waals surface area contributed by atoms with Gasteiger partial charge in [0.1, 0.15) is 29.1 Å². The van der Waals surface area contributed by atoms with Crippen LogP contribution in [0.25, 0.3) is 22.3 Å². The molecule has 5 aromatic rings. The van der Waals surface area contributed by atoms with E-state index in [9.17, 15) is 9.59 Å². The molecular weight excluding hydrogens is 835 g/mol. The van der Waals surface area contributed by atoms with E-state index in [2.05, 4.69) is 86.2 Å². The van der Waals surface area contributed by atoms with Gasteiger partial charge in [-0.1, -0.05) is 39.3 Å². The molecule has 58 heavy (non-hydrogen) atoms. The highest BCUT2D eigenvalue weighted by Gasteiger charge is 2.25. The van der Waals surface area contributed by atoms with E-state index in [1.54, 1.807) is 23.3 Å². The lowest BCUT2D eigenvalue weighted by Gasteiger charge is -2.20. The first kappa shape index (κ1) is 46.7. The number of amides is 2. The smallest absolute Gasteiger partial charge is 0.255 e. The zero-order valence-corrected chi connectivity index (χ0v) is 40.7. The molecule has 5 aromatic heterocycles. The Hall–Kier alpha value is -3.98. The highest BCUT2D eigenvalue weighted by atomic mass is 79.9. The molecule has 15 nitrogen and oxygen atoms in total. The maximum atomic E-state index is 13.0. The molecule has 5 heterocycles. The third-order valence-electron chi connectivity index (χ3n) is 8.56. The molecule has 0 atom stereocenters. The number of rotatable bonds is 14. The van der Waals surface area contributed by atoms with Gasteiger partial charge in [0.15, 0.2) is 17.1 Å². The van der Waals surface area contributed by atoms with E-state index in [4.69, 9.17) is 19.4 Å². The summed E-state index contributed by atoms with van der Waals surface area (Å²) in [4.78, 5) is 44.4. The van der Waals surface area contributed by atoms with Gasteiger partial charge in [0.05, 0.1) is 34.4 Å². The first-order valence-electron chi connectivity index (χ1n) is 19.7. The molecule has 3 N–H and O–H groups in total. The van der Waals surface area contributed by atoms with Crippen LogP contribution in [-0.2, 0) is 30.0 Å². The Kier molecular flexibility index (Phi) is 14.9. The minimum Gasteiger partial charge on any atom is -0.361 e. The molecule has 0 aliphatic heterocycles. The number of hydrogen-bond donors (Lipinski definition) is 3. The van der Waals surface area contributed by atoms with Crippen LogP contribution in [0.2, 0.25) is 51.4 Å². The molecule has 2 amide bonds. The zero-order chi connectivity index (χ0) is 43.4. The number of hydrogen-bond acceptors (Lipinski definition) is 10. The van der Waals surface area contributed by atoms with Crippen molar-refractivity contribution in [2.24, 2.45) is 7.05 Å². The lowest BCUT2D eigenvalue weighted by molar-refractivity contribution is 0.0879. The Balaban J connectivity index is 0.000000262. The van der Waals surface area contributed by atoms with Gasteiger partial charge >= 0.3 is 0 Å². The average Bonchev–Trinajstić information content (AvgIpc) is 3.74. The van der Waals surface area contributed by atoms with Gasteiger partial charge in [-0.3, -0.25) is 14.3 Å². The van der Waals surface area contributed by atoms with E-state index in [-0.39, 0.29) is 22.9 Å². The normalized spacial score (nSPS) is 12.5. The number of anilines is 2. The zero-order valence-electron chi connectivity index (χ0n) is 37.1. The van der Waals surface area contributed by atoms with E-state index in [1.807, 2.05) is 77.8 Å². The fraction of sp³-hybridized carbons (Fsp3) is 0.575. The molecule has 0 radical (unpaired) electrons. The third kappa shape index (κ3) is 13.8. The Labute approximate surface area is 353 Å². The number of nitrogens with zero attached hydrogens (tertiary/aromatic N) is 8. The van der Waals surface area contributed by atoms with Crippen molar-refractivity contribution in [3.05, 3.63) is 51.9 Å². The van der Waals surface area contributed by atoms with E-state index < -0.39 is 16.1 Å². The summed E-state index contributed by atoms with van der Waals surface area (Å²) in [6.45, 7) is 31.5. The van der Waals surface area contributed by atoms with Crippen LogP contribution in [0.15, 0.2) is 29.4 Å². The molecule has 0 aliphatic rings. The van der Waals surface area contributed by atoms with Gasteiger partial charge in [0, 0.05) is 66.1 Å². The second kappa shape index (κ2) is 18.5. The molecule has 18 heteroatoms. The minimum atomic E-state index is -1.18. The summed E-state index contributed by atoms with van der Waals surface area (Å²) in [7, 11) is -0.468. The summed E-state index contributed by atoms with van der Waals surface area (Å²) >= 11 is 3.41. The van der Waals surface area contributed by atoms with Crippen LogP contribution in [0, 0.1) is 13.8 Å². The summed E-state index contributed by atoms with van der Waals surface area (Å²) in [5.41, 5.74) is 5.02. The van der Waals surface area contributed by atoms with E-state index in [1.165, 1.54) is 0 Å². The van der Waals surface area contributed by atoms with Crippen LogP contribution in [0.4, 0.5) is 11.5 Å². The van der Waals surface area contributed by atoms with Crippen molar-refractivity contribution in [3.63, 3.8) is 0 Å². The molecule has 318 valence electrons. The summed E-state index contributed by atoms with van der Waals surface area (Å²) in [6, 6.07) is 2.17. The van der Waals surface area contributed by atoms with Gasteiger partial charge in [0.2, 0.25) is 0 Å². The van der Waals surface area contributed by atoms with Crippen LogP contribution in [-0.4, -0.2) is 91.1 Å². The second-order valence-electron chi connectivity index (χ2n) is 19.3. The maximum Gasteiger partial charge on any atom is 0.255 e. The minimum absolute atomic E-state index is 0.159. The van der Waals surface area contributed by atoms with Gasteiger partial charge in [-0.2, -0.15) is 5.10 Å². The molecule has 0 spiro atoms. The Bertz CT molecular complexity index is 2220. The van der Waals surface area contributed by atoms with Crippen molar-refractivity contribution in [2.45, 2.75) is 131 Å². The molecule has 0 aliphatic carbocycles. The highest BCUT2D eigenvalue weighted by Crippen LogP contribution is 2.26. The summed E-state index contributed by atoms with van der Waals surface area (Å²) < 4.78 is 17.9. The third-order valence-corrected chi connectivity index (χ3v) is 12.7. The topological polar surface area (TPSA) is 168 Å². The lowest BCUT2D eigenvalue weighted by Crippen LogP contribution is -2.40. The number of nitrogens with one attached hydrogen (secondary N) is 3. The Morgan fingerprint density at radius 3 is 1.57 bits per heavy atom. The number of fused-ring (bicyclic) bond motifs is 2.